The van der Waals surface area contributed by atoms with Crippen LogP contribution in [0, 0.1) is 5.92 Å². The molecule has 1 aliphatic carbocycles. The minimum Gasteiger partial charge on any atom is -0.352 e. The van der Waals surface area contributed by atoms with Gasteiger partial charge in [0, 0.05) is 38.1 Å². The van der Waals surface area contributed by atoms with E-state index in [-0.39, 0.29) is 17.7 Å². The van der Waals surface area contributed by atoms with E-state index in [0.717, 1.165) is 24.9 Å². The molecule has 5 nitrogen and oxygen atoms in total. The molecule has 2 atom stereocenters. The monoisotopic (exact) mass is 397 g/mol. The molecule has 29 heavy (non-hydrogen) atoms. The predicted molar refractivity (Wildman–Crippen MR) is 114 cm³/mol. The number of hydrogen-bond acceptors (Lipinski definition) is 3. The number of piperidine rings is 1. The SMILES string of the molecule is CC1CCCCN1Cc1ccc(CNC(=O)C2CC(=O)N(C3CCCC3)C2)cc1. The second kappa shape index (κ2) is 9.29. The lowest BCUT2D eigenvalue weighted by Gasteiger charge is -2.33. The average molecular weight is 398 g/mol. The van der Waals surface area contributed by atoms with Crippen molar-refractivity contribution in [2.24, 2.45) is 5.92 Å². The summed E-state index contributed by atoms with van der Waals surface area (Å²) in [7, 11) is 0. The van der Waals surface area contributed by atoms with Gasteiger partial charge in [-0.15, -0.1) is 0 Å². The fourth-order valence-electron chi connectivity index (χ4n) is 5.20. The van der Waals surface area contributed by atoms with Crippen LogP contribution in [-0.2, 0) is 22.7 Å². The molecule has 158 valence electrons. The first kappa shape index (κ1) is 20.4. The van der Waals surface area contributed by atoms with Crippen LogP contribution < -0.4 is 5.32 Å². The largest absolute Gasteiger partial charge is 0.352 e. The molecule has 0 bridgehead atoms. The summed E-state index contributed by atoms with van der Waals surface area (Å²) >= 11 is 0. The van der Waals surface area contributed by atoms with Crippen LogP contribution in [0.1, 0.15) is 69.4 Å². The Bertz CT molecular complexity index is 711. The normalized spacial score (nSPS) is 26.2. The Labute approximate surface area is 174 Å². The third-order valence-electron chi connectivity index (χ3n) is 7.11. The van der Waals surface area contributed by atoms with E-state index in [1.807, 2.05) is 4.90 Å². The summed E-state index contributed by atoms with van der Waals surface area (Å²) in [5, 5.41) is 3.05. The summed E-state index contributed by atoms with van der Waals surface area (Å²) < 4.78 is 0. The highest BCUT2D eigenvalue weighted by atomic mass is 16.2. The van der Waals surface area contributed by atoms with Gasteiger partial charge in [-0.1, -0.05) is 43.5 Å². The summed E-state index contributed by atoms with van der Waals surface area (Å²) in [6, 6.07) is 9.65. The Balaban J connectivity index is 1.24. The first-order valence-electron chi connectivity index (χ1n) is 11.5. The van der Waals surface area contributed by atoms with E-state index in [2.05, 4.69) is 41.4 Å². The number of carbonyl (C=O) groups excluding carboxylic acids is 2. The maximum Gasteiger partial charge on any atom is 0.225 e. The number of hydrogen-bond donors (Lipinski definition) is 1. The fourth-order valence-corrected chi connectivity index (χ4v) is 5.20. The zero-order chi connectivity index (χ0) is 20.2. The van der Waals surface area contributed by atoms with Crippen LogP contribution in [0.3, 0.4) is 0 Å². The standard InChI is InChI=1S/C24H35N3O2/c1-18-6-4-5-13-26(18)16-20-11-9-19(10-12-20)15-25-24(29)21-14-23(28)27(17-21)22-7-2-3-8-22/h9-12,18,21-22H,2-8,13-17H2,1H3,(H,25,29). The summed E-state index contributed by atoms with van der Waals surface area (Å²) in [4.78, 5) is 29.4. The number of benzene rings is 1. The van der Waals surface area contributed by atoms with E-state index in [9.17, 15) is 9.59 Å². The molecule has 1 aromatic rings. The van der Waals surface area contributed by atoms with Crippen LogP contribution in [-0.4, -0.2) is 46.8 Å². The van der Waals surface area contributed by atoms with Crippen LogP contribution in [0.25, 0.3) is 0 Å². The molecule has 3 fully saturated rings. The van der Waals surface area contributed by atoms with Crippen molar-refractivity contribution in [2.75, 3.05) is 13.1 Å². The molecule has 0 radical (unpaired) electrons. The molecule has 5 heteroatoms. The number of nitrogens with one attached hydrogen (secondary N) is 1. The van der Waals surface area contributed by atoms with Gasteiger partial charge in [-0.25, -0.2) is 0 Å². The van der Waals surface area contributed by atoms with Gasteiger partial charge >= 0.3 is 0 Å². The summed E-state index contributed by atoms with van der Waals surface area (Å²) in [5.74, 6) is -0.0126. The molecule has 4 rings (SSSR count). The van der Waals surface area contributed by atoms with Crippen molar-refractivity contribution >= 4 is 11.8 Å². The van der Waals surface area contributed by atoms with Gasteiger partial charge in [0.2, 0.25) is 11.8 Å². The molecule has 0 spiro atoms. The molecule has 2 saturated heterocycles. The Kier molecular flexibility index (Phi) is 6.53. The number of carbonyl (C=O) groups is 2. The number of amides is 2. The fraction of sp³-hybridized carbons (Fsp3) is 0.667. The first-order valence-corrected chi connectivity index (χ1v) is 11.5. The van der Waals surface area contributed by atoms with E-state index in [1.165, 1.54) is 44.2 Å². The molecular formula is C24H35N3O2. The maximum atomic E-state index is 12.6. The van der Waals surface area contributed by atoms with Crippen molar-refractivity contribution in [3.8, 4) is 0 Å². The molecule has 2 unspecified atom stereocenters. The zero-order valence-corrected chi connectivity index (χ0v) is 17.7. The molecule has 1 N–H and O–H groups in total. The summed E-state index contributed by atoms with van der Waals surface area (Å²) in [6.07, 6.45) is 8.93. The van der Waals surface area contributed by atoms with Crippen LogP contribution in [0.5, 0.6) is 0 Å². The first-order chi connectivity index (χ1) is 14.1. The van der Waals surface area contributed by atoms with Gasteiger partial charge in [0.1, 0.15) is 0 Å². The molecule has 2 heterocycles. The van der Waals surface area contributed by atoms with Gasteiger partial charge in [-0.2, -0.15) is 0 Å². The Morgan fingerprint density at radius 3 is 2.45 bits per heavy atom. The van der Waals surface area contributed by atoms with Gasteiger partial charge in [0.25, 0.3) is 0 Å². The molecule has 0 aromatic heterocycles. The molecule has 1 aromatic carbocycles. The van der Waals surface area contributed by atoms with E-state index >= 15 is 0 Å². The highest BCUT2D eigenvalue weighted by molar-refractivity contribution is 5.89. The second-order valence-electron chi connectivity index (χ2n) is 9.24. The quantitative estimate of drug-likeness (QED) is 0.800. The zero-order valence-electron chi connectivity index (χ0n) is 17.7. The maximum absolute atomic E-state index is 12.6. The number of likely N-dealkylation sites (tertiary alicyclic amines) is 2. The van der Waals surface area contributed by atoms with E-state index < -0.39 is 0 Å². The topological polar surface area (TPSA) is 52.7 Å². The minimum absolute atomic E-state index is 0.0186. The van der Waals surface area contributed by atoms with Crippen molar-refractivity contribution < 1.29 is 9.59 Å². The van der Waals surface area contributed by atoms with Gasteiger partial charge in [0.05, 0.1) is 5.92 Å². The number of rotatable bonds is 6. The third-order valence-corrected chi connectivity index (χ3v) is 7.11. The lowest BCUT2D eigenvalue weighted by atomic mass is 10.0. The lowest BCUT2D eigenvalue weighted by Crippen LogP contribution is -2.37. The molecule has 1 saturated carbocycles. The predicted octanol–water partition coefficient (Wildman–Crippen LogP) is 3.47. The number of nitrogens with zero attached hydrogens (tertiary/aromatic N) is 2. The van der Waals surface area contributed by atoms with E-state index in [1.54, 1.807) is 0 Å². The lowest BCUT2D eigenvalue weighted by molar-refractivity contribution is -0.130. The third kappa shape index (κ3) is 5.00. The van der Waals surface area contributed by atoms with Crippen LogP contribution in [0.4, 0.5) is 0 Å². The van der Waals surface area contributed by atoms with Gasteiger partial charge in [-0.3, -0.25) is 14.5 Å². The molecule has 2 amide bonds. The Morgan fingerprint density at radius 2 is 1.72 bits per heavy atom. The van der Waals surface area contributed by atoms with Gasteiger partial charge in [-0.05, 0) is 50.3 Å². The van der Waals surface area contributed by atoms with Crippen LogP contribution in [0.15, 0.2) is 24.3 Å². The highest BCUT2D eigenvalue weighted by Gasteiger charge is 2.38. The Hall–Kier alpha value is -1.88. The smallest absolute Gasteiger partial charge is 0.225 e. The van der Waals surface area contributed by atoms with Gasteiger partial charge in [0.15, 0.2) is 0 Å². The van der Waals surface area contributed by atoms with Crippen molar-refractivity contribution in [1.82, 2.24) is 15.1 Å². The van der Waals surface area contributed by atoms with Crippen LogP contribution in [0.2, 0.25) is 0 Å². The molecule has 3 aliphatic rings. The molecule has 2 aliphatic heterocycles. The minimum atomic E-state index is -0.192. The summed E-state index contributed by atoms with van der Waals surface area (Å²) in [6.45, 7) is 5.66. The Morgan fingerprint density at radius 1 is 1.03 bits per heavy atom. The van der Waals surface area contributed by atoms with Crippen molar-refractivity contribution in [3.05, 3.63) is 35.4 Å². The highest BCUT2D eigenvalue weighted by Crippen LogP contribution is 2.29. The molecular weight excluding hydrogens is 362 g/mol. The second-order valence-corrected chi connectivity index (χ2v) is 9.24. The average Bonchev–Trinajstić information content (AvgIpc) is 3.38. The van der Waals surface area contributed by atoms with Crippen molar-refractivity contribution in [2.45, 2.75) is 83.5 Å². The van der Waals surface area contributed by atoms with E-state index in [4.69, 9.17) is 0 Å². The summed E-state index contributed by atoms with van der Waals surface area (Å²) in [5.41, 5.74) is 2.45. The van der Waals surface area contributed by atoms with Gasteiger partial charge < -0.3 is 10.2 Å². The van der Waals surface area contributed by atoms with Crippen molar-refractivity contribution in [3.63, 3.8) is 0 Å². The van der Waals surface area contributed by atoms with Crippen molar-refractivity contribution in [1.29, 1.82) is 0 Å². The van der Waals surface area contributed by atoms with Crippen LogP contribution >= 0.6 is 0 Å². The van der Waals surface area contributed by atoms with E-state index in [0.29, 0.717) is 31.6 Å².